The van der Waals surface area contributed by atoms with Gasteiger partial charge in [0.1, 0.15) is 0 Å². The molecule has 1 saturated heterocycles. The molecular formula is C5H10BrNO4. The van der Waals surface area contributed by atoms with E-state index >= 15 is 0 Å². The Labute approximate surface area is 72.2 Å². The monoisotopic (exact) mass is 227 g/mol. The number of alkyl halides is 1. The molecule has 2 atom stereocenters. The van der Waals surface area contributed by atoms with Gasteiger partial charge >= 0.3 is 6.16 Å². The molecule has 0 aliphatic carbocycles. The fourth-order valence-electron chi connectivity index (χ4n) is 0.633. The van der Waals surface area contributed by atoms with Crippen LogP contribution in [-0.4, -0.2) is 45.5 Å². The summed E-state index contributed by atoms with van der Waals surface area (Å²) in [6.07, 6.45) is -2.01. The Kier molecular flexibility index (Phi) is 5.18. The average molecular weight is 228 g/mol. The lowest BCUT2D eigenvalue weighted by Gasteiger charge is -2.00. The summed E-state index contributed by atoms with van der Waals surface area (Å²) in [7, 11) is 0. The van der Waals surface area contributed by atoms with E-state index in [0.29, 0.717) is 0 Å². The first kappa shape index (κ1) is 10.7. The van der Waals surface area contributed by atoms with E-state index in [2.05, 4.69) is 21.2 Å². The third-order valence-corrected chi connectivity index (χ3v) is 2.04. The minimum Gasteiger partial charge on any atom is -0.450 e. The highest BCUT2D eigenvalue weighted by molar-refractivity contribution is 9.09. The predicted octanol–water partition coefficient (Wildman–Crippen LogP) is -0.0636. The molecule has 0 saturated carbocycles. The highest BCUT2D eigenvalue weighted by Gasteiger charge is 2.20. The number of carbonyl (C=O) groups is 1. The summed E-state index contributed by atoms with van der Waals surface area (Å²) >= 11 is 3.29. The van der Waals surface area contributed by atoms with E-state index in [4.69, 9.17) is 20.1 Å². The van der Waals surface area contributed by atoms with Crippen molar-refractivity contribution in [3.63, 3.8) is 0 Å². The van der Waals surface area contributed by atoms with Gasteiger partial charge < -0.3 is 20.6 Å². The van der Waals surface area contributed by atoms with Crippen LogP contribution in [0.15, 0.2) is 0 Å². The second-order valence-corrected chi connectivity index (χ2v) is 3.20. The van der Waals surface area contributed by atoms with Gasteiger partial charge in [0.2, 0.25) is 0 Å². The molecule has 1 heterocycles. The quantitative estimate of drug-likeness (QED) is 0.436. The van der Waals surface area contributed by atoms with Gasteiger partial charge in [0, 0.05) is 13.1 Å². The largest absolute Gasteiger partial charge is 0.503 e. The molecule has 4 N–H and O–H groups in total. The number of hydrogen-bond donors (Lipinski definition) is 4. The molecule has 2 unspecified atom stereocenters. The summed E-state index contributed by atoms with van der Waals surface area (Å²) in [4.78, 5) is 8.83. The van der Waals surface area contributed by atoms with E-state index in [9.17, 15) is 0 Å². The van der Waals surface area contributed by atoms with Crippen LogP contribution in [0.25, 0.3) is 0 Å². The van der Waals surface area contributed by atoms with E-state index in [1.165, 1.54) is 0 Å². The molecule has 6 heteroatoms. The summed E-state index contributed by atoms with van der Waals surface area (Å²) in [5.41, 5.74) is 0. The molecule has 11 heavy (non-hydrogen) atoms. The number of rotatable bonds is 0. The van der Waals surface area contributed by atoms with Crippen LogP contribution in [0, 0.1) is 0 Å². The third-order valence-electron chi connectivity index (χ3n) is 1.11. The first-order valence-corrected chi connectivity index (χ1v) is 3.90. The van der Waals surface area contributed by atoms with E-state index in [1.54, 1.807) is 0 Å². The molecule has 0 aromatic carbocycles. The standard InChI is InChI=1S/C4H8BrNO.CH2O3/c5-3-1-6-2-4(3)7;2-1(3)4/h3-4,6-7H,1-2H2;(H2,2,3,4). The number of halogens is 1. The summed E-state index contributed by atoms with van der Waals surface area (Å²) < 4.78 is 0. The van der Waals surface area contributed by atoms with Crippen LogP contribution in [0.5, 0.6) is 0 Å². The first-order chi connectivity index (χ1) is 5.04. The summed E-state index contributed by atoms with van der Waals surface area (Å²) in [5.74, 6) is 0. The number of β-amino-alcohol motifs (C(OH)–C–C–N with tert-alkyl or cyclic N) is 1. The van der Waals surface area contributed by atoms with Crippen molar-refractivity contribution in [3.8, 4) is 0 Å². The molecule has 0 bridgehead atoms. The zero-order valence-electron chi connectivity index (χ0n) is 5.70. The van der Waals surface area contributed by atoms with Gasteiger partial charge in [-0.15, -0.1) is 0 Å². The van der Waals surface area contributed by atoms with E-state index < -0.39 is 6.16 Å². The number of nitrogens with one attached hydrogen (secondary N) is 1. The Morgan fingerprint density at radius 3 is 2.00 bits per heavy atom. The van der Waals surface area contributed by atoms with Crippen molar-refractivity contribution in [2.24, 2.45) is 0 Å². The fraction of sp³-hybridized carbons (Fsp3) is 0.800. The molecule has 5 nitrogen and oxygen atoms in total. The molecule has 1 aliphatic heterocycles. The third kappa shape index (κ3) is 6.08. The molecule has 66 valence electrons. The minimum absolute atomic E-state index is 0.181. The Morgan fingerprint density at radius 2 is 1.91 bits per heavy atom. The molecule has 0 spiro atoms. The highest BCUT2D eigenvalue weighted by Crippen LogP contribution is 2.08. The summed E-state index contributed by atoms with van der Waals surface area (Å²) in [5, 5.41) is 25.9. The SMILES string of the molecule is O=C(O)O.OC1CNCC1Br. The van der Waals surface area contributed by atoms with Crippen molar-refractivity contribution in [1.82, 2.24) is 5.32 Å². The van der Waals surface area contributed by atoms with Gasteiger partial charge in [-0.3, -0.25) is 0 Å². The second kappa shape index (κ2) is 5.34. The minimum atomic E-state index is -1.83. The average Bonchev–Trinajstić information content (AvgIpc) is 2.15. The fourth-order valence-corrected chi connectivity index (χ4v) is 1.05. The first-order valence-electron chi connectivity index (χ1n) is 2.98. The maximum Gasteiger partial charge on any atom is 0.503 e. The predicted molar refractivity (Wildman–Crippen MR) is 42.2 cm³/mol. The van der Waals surface area contributed by atoms with Crippen LogP contribution >= 0.6 is 15.9 Å². The Morgan fingerprint density at radius 1 is 1.45 bits per heavy atom. The van der Waals surface area contributed by atoms with E-state index in [1.807, 2.05) is 0 Å². The molecule has 0 amide bonds. The molecular weight excluding hydrogens is 218 g/mol. The van der Waals surface area contributed by atoms with Crippen LogP contribution in [0.2, 0.25) is 0 Å². The number of carboxylic acid groups (broad SMARTS) is 2. The van der Waals surface area contributed by atoms with Gasteiger partial charge in [-0.05, 0) is 0 Å². The highest BCUT2D eigenvalue weighted by atomic mass is 79.9. The Balaban J connectivity index is 0.000000218. The van der Waals surface area contributed by atoms with Crippen LogP contribution < -0.4 is 5.32 Å². The second-order valence-electron chi connectivity index (χ2n) is 2.02. The van der Waals surface area contributed by atoms with E-state index in [0.717, 1.165) is 13.1 Å². The lowest BCUT2D eigenvalue weighted by molar-refractivity contribution is 0.137. The number of hydrogen-bond acceptors (Lipinski definition) is 3. The van der Waals surface area contributed by atoms with Crippen molar-refractivity contribution < 1.29 is 20.1 Å². The lowest BCUT2D eigenvalue weighted by Crippen LogP contribution is -2.16. The number of aliphatic hydroxyl groups is 1. The molecule has 0 radical (unpaired) electrons. The van der Waals surface area contributed by atoms with Crippen molar-refractivity contribution >= 4 is 22.1 Å². The van der Waals surface area contributed by atoms with Crippen molar-refractivity contribution in [2.45, 2.75) is 10.9 Å². The Hall–Kier alpha value is -0.330. The van der Waals surface area contributed by atoms with Crippen LogP contribution in [0.4, 0.5) is 4.79 Å². The van der Waals surface area contributed by atoms with Gasteiger partial charge in [-0.1, -0.05) is 15.9 Å². The normalized spacial score (nSPS) is 28.9. The maximum atomic E-state index is 8.89. The smallest absolute Gasteiger partial charge is 0.450 e. The van der Waals surface area contributed by atoms with Gasteiger partial charge in [-0.2, -0.15) is 0 Å². The van der Waals surface area contributed by atoms with Crippen molar-refractivity contribution in [2.75, 3.05) is 13.1 Å². The number of aliphatic hydroxyl groups excluding tert-OH is 1. The molecule has 0 aromatic heterocycles. The zero-order chi connectivity index (χ0) is 8.85. The molecule has 1 rings (SSSR count). The summed E-state index contributed by atoms with van der Waals surface area (Å²) in [6, 6.07) is 0. The van der Waals surface area contributed by atoms with Gasteiger partial charge in [0.25, 0.3) is 0 Å². The molecule has 1 aliphatic rings. The maximum absolute atomic E-state index is 8.89. The van der Waals surface area contributed by atoms with Crippen LogP contribution in [-0.2, 0) is 0 Å². The zero-order valence-corrected chi connectivity index (χ0v) is 7.28. The van der Waals surface area contributed by atoms with Gasteiger partial charge in [-0.25, -0.2) is 4.79 Å². The topological polar surface area (TPSA) is 89.8 Å². The van der Waals surface area contributed by atoms with E-state index in [-0.39, 0.29) is 10.9 Å². The van der Waals surface area contributed by atoms with Crippen LogP contribution in [0.3, 0.4) is 0 Å². The van der Waals surface area contributed by atoms with Crippen LogP contribution in [0.1, 0.15) is 0 Å². The van der Waals surface area contributed by atoms with Crippen molar-refractivity contribution in [3.05, 3.63) is 0 Å². The lowest BCUT2D eigenvalue weighted by atomic mass is 10.3. The molecule has 0 aromatic rings. The summed E-state index contributed by atoms with van der Waals surface area (Å²) in [6.45, 7) is 1.62. The molecule has 1 fully saturated rings. The van der Waals surface area contributed by atoms with Crippen molar-refractivity contribution in [1.29, 1.82) is 0 Å². The van der Waals surface area contributed by atoms with Gasteiger partial charge in [0.15, 0.2) is 0 Å². The van der Waals surface area contributed by atoms with Gasteiger partial charge in [0.05, 0.1) is 10.9 Å². The Bertz CT molecular complexity index is 120.